The number of H-pyrrole nitrogens is 1. The van der Waals surface area contributed by atoms with Crippen LogP contribution in [0.4, 0.5) is 0 Å². The maximum atomic E-state index is 12.8. The van der Waals surface area contributed by atoms with Crippen LogP contribution in [-0.2, 0) is 29.0 Å². The molecule has 4 heterocycles. The van der Waals surface area contributed by atoms with Crippen LogP contribution in [0.15, 0.2) is 21.6 Å². The summed E-state index contributed by atoms with van der Waals surface area (Å²) in [6, 6.07) is 1.75. The molecule has 2 amide bonds. The fourth-order valence-corrected chi connectivity index (χ4v) is 4.57. The normalized spacial score (nSPS) is 19.2. The summed E-state index contributed by atoms with van der Waals surface area (Å²) in [5.74, 6) is 0.583. The van der Waals surface area contributed by atoms with Gasteiger partial charge in [0.2, 0.25) is 11.8 Å². The van der Waals surface area contributed by atoms with Crippen molar-refractivity contribution in [3.63, 3.8) is 0 Å². The molecular formula is C19H22N4O3S. The number of aromatic nitrogens is 2. The molecule has 0 radical (unpaired) electrons. The topological polar surface area (TPSA) is 86.4 Å². The summed E-state index contributed by atoms with van der Waals surface area (Å²) < 4.78 is 0. The van der Waals surface area contributed by atoms with Crippen molar-refractivity contribution >= 4 is 23.2 Å². The Labute approximate surface area is 161 Å². The highest BCUT2D eigenvalue weighted by atomic mass is 32.1. The number of nitrogens with zero attached hydrogens (tertiary/aromatic N) is 3. The van der Waals surface area contributed by atoms with Crippen LogP contribution in [0, 0.1) is 0 Å². The van der Waals surface area contributed by atoms with Crippen molar-refractivity contribution in [3.05, 3.63) is 49.8 Å². The Morgan fingerprint density at radius 1 is 1.37 bits per heavy atom. The average molecular weight is 386 g/mol. The Morgan fingerprint density at radius 2 is 2.22 bits per heavy atom. The molecular weight excluding hydrogens is 364 g/mol. The van der Waals surface area contributed by atoms with E-state index in [1.54, 1.807) is 16.2 Å². The van der Waals surface area contributed by atoms with Crippen LogP contribution in [-0.4, -0.2) is 44.7 Å². The number of amides is 2. The third kappa shape index (κ3) is 3.53. The largest absolute Gasteiger partial charge is 0.337 e. The third-order valence-electron chi connectivity index (χ3n) is 5.36. The highest BCUT2D eigenvalue weighted by molar-refractivity contribution is 7.08. The minimum absolute atomic E-state index is 0.0160. The summed E-state index contributed by atoms with van der Waals surface area (Å²) in [5, 5.41) is 3.95. The van der Waals surface area contributed by atoms with Gasteiger partial charge in [-0.25, -0.2) is 4.98 Å². The molecule has 0 saturated carbocycles. The summed E-state index contributed by atoms with van der Waals surface area (Å²) in [6.07, 6.45) is 2.56. The Balaban J connectivity index is 1.59. The Kier molecular flexibility index (Phi) is 4.82. The van der Waals surface area contributed by atoms with Crippen LogP contribution < -0.4 is 5.56 Å². The summed E-state index contributed by atoms with van der Waals surface area (Å²) >= 11 is 1.58. The Morgan fingerprint density at radius 3 is 2.96 bits per heavy atom. The van der Waals surface area contributed by atoms with Crippen molar-refractivity contribution in [2.24, 2.45) is 0 Å². The molecule has 2 aliphatic heterocycles. The Bertz CT molecular complexity index is 922. The molecule has 0 bridgehead atoms. The smallest absolute Gasteiger partial charge is 0.254 e. The SMILES string of the molecule is CC(=O)N1CCc2c(nc([C@H]3CCCN3C(=O)Cc3ccsc3)[nH]c2=O)C1. The molecule has 8 heteroatoms. The van der Waals surface area contributed by atoms with E-state index in [9.17, 15) is 14.4 Å². The zero-order valence-electron chi connectivity index (χ0n) is 15.2. The number of aromatic amines is 1. The van der Waals surface area contributed by atoms with Crippen LogP contribution in [0.2, 0.25) is 0 Å². The van der Waals surface area contributed by atoms with E-state index in [1.165, 1.54) is 6.92 Å². The lowest BCUT2D eigenvalue weighted by Gasteiger charge is -2.28. The molecule has 142 valence electrons. The number of carbonyl (C=O) groups excluding carboxylic acids is 2. The van der Waals surface area contributed by atoms with Gasteiger partial charge in [-0.05, 0) is 41.7 Å². The van der Waals surface area contributed by atoms with E-state index >= 15 is 0 Å². The molecule has 1 N–H and O–H groups in total. The molecule has 7 nitrogen and oxygen atoms in total. The molecule has 1 atom stereocenters. The number of nitrogens with one attached hydrogen (secondary N) is 1. The summed E-state index contributed by atoms with van der Waals surface area (Å²) in [7, 11) is 0. The van der Waals surface area contributed by atoms with Gasteiger partial charge in [-0.1, -0.05) is 0 Å². The van der Waals surface area contributed by atoms with Crippen molar-refractivity contribution in [3.8, 4) is 0 Å². The molecule has 0 aliphatic carbocycles. The lowest BCUT2D eigenvalue weighted by Crippen LogP contribution is -2.39. The molecule has 2 aromatic heterocycles. The van der Waals surface area contributed by atoms with E-state index in [4.69, 9.17) is 0 Å². The Hall–Kier alpha value is -2.48. The van der Waals surface area contributed by atoms with Gasteiger partial charge in [-0.2, -0.15) is 11.3 Å². The summed E-state index contributed by atoms with van der Waals surface area (Å²) in [6.45, 7) is 3.10. The van der Waals surface area contributed by atoms with Gasteiger partial charge in [0.25, 0.3) is 5.56 Å². The molecule has 4 rings (SSSR count). The van der Waals surface area contributed by atoms with Gasteiger partial charge >= 0.3 is 0 Å². The van der Waals surface area contributed by atoms with E-state index in [0.717, 1.165) is 18.4 Å². The molecule has 0 unspecified atom stereocenters. The van der Waals surface area contributed by atoms with E-state index in [2.05, 4.69) is 9.97 Å². The molecule has 2 aliphatic rings. The van der Waals surface area contributed by atoms with Crippen molar-refractivity contribution in [2.75, 3.05) is 13.1 Å². The highest BCUT2D eigenvalue weighted by Crippen LogP contribution is 2.31. The minimum Gasteiger partial charge on any atom is -0.337 e. The van der Waals surface area contributed by atoms with Crippen molar-refractivity contribution in [1.82, 2.24) is 19.8 Å². The first-order valence-electron chi connectivity index (χ1n) is 9.21. The van der Waals surface area contributed by atoms with Gasteiger partial charge in [-0.15, -0.1) is 0 Å². The van der Waals surface area contributed by atoms with Crippen LogP contribution in [0.1, 0.15) is 48.5 Å². The zero-order chi connectivity index (χ0) is 19.0. The average Bonchev–Trinajstić information content (AvgIpc) is 3.32. The lowest BCUT2D eigenvalue weighted by atomic mass is 10.1. The molecule has 2 aromatic rings. The van der Waals surface area contributed by atoms with Crippen LogP contribution in [0.3, 0.4) is 0 Å². The predicted molar refractivity (Wildman–Crippen MR) is 101 cm³/mol. The number of rotatable bonds is 3. The van der Waals surface area contributed by atoms with Crippen molar-refractivity contribution in [1.29, 1.82) is 0 Å². The van der Waals surface area contributed by atoms with E-state index < -0.39 is 0 Å². The number of carbonyl (C=O) groups is 2. The molecule has 0 spiro atoms. The number of thiophene rings is 1. The van der Waals surface area contributed by atoms with Gasteiger partial charge in [0.15, 0.2) is 0 Å². The second-order valence-corrected chi connectivity index (χ2v) is 7.90. The zero-order valence-corrected chi connectivity index (χ0v) is 16.1. The number of likely N-dealkylation sites (tertiary alicyclic amines) is 1. The van der Waals surface area contributed by atoms with E-state index in [0.29, 0.717) is 49.6 Å². The van der Waals surface area contributed by atoms with Gasteiger partial charge in [0.1, 0.15) is 5.82 Å². The van der Waals surface area contributed by atoms with Gasteiger partial charge < -0.3 is 14.8 Å². The molecule has 1 saturated heterocycles. The highest BCUT2D eigenvalue weighted by Gasteiger charge is 2.33. The van der Waals surface area contributed by atoms with Crippen molar-refractivity contribution < 1.29 is 9.59 Å². The number of hydrogen-bond donors (Lipinski definition) is 1. The van der Waals surface area contributed by atoms with Crippen LogP contribution >= 0.6 is 11.3 Å². The lowest BCUT2D eigenvalue weighted by molar-refractivity contribution is -0.131. The van der Waals surface area contributed by atoms with Crippen LogP contribution in [0.25, 0.3) is 0 Å². The third-order valence-corrected chi connectivity index (χ3v) is 6.09. The second kappa shape index (κ2) is 7.26. The summed E-state index contributed by atoms with van der Waals surface area (Å²) in [5.41, 5.74) is 2.19. The number of hydrogen-bond acceptors (Lipinski definition) is 5. The first-order chi connectivity index (χ1) is 13.0. The van der Waals surface area contributed by atoms with Gasteiger partial charge in [0.05, 0.1) is 24.7 Å². The second-order valence-electron chi connectivity index (χ2n) is 7.12. The van der Waals surface area contributed by atoms with Crippen LogP contribution in [0.5, 0.6) is 0 Å². The maximum absolute atomic E-state index is 12.8. The minimum atomic E-state index is -0.207. The standard InChI is InChI=1S/C19H22N4O3S/c1-12(24)22-7-4-14-15(10-22)20-18(21-19(14)26)16-3-2-6-23(16)17(25)9-13-5-8-27-11-13/h5,8,11,16H,2-4,6-7,9-10H2,1H3,(H,20,21,26)/t16-/m1/s1. The van der Waals surface area contributed by atoms with Crippen molar-refractivity contribution in [2.45, 2.75) is 45.2 Å². The maximum Gasteiger partial charge on any atom is 0.254 e. The monoisotopic (exact) mass is 386 g/mol. The first kappa shape index (κ1) is 17.9. The summed E-state index contributed by atoms with van der Waals surface area (Å²) in [4.78, 5) is 48.1. The fraction of sp³-hybridized carbons (Fsp3) is 0.474. The predicted octanol–water partition coefficient (Wildman–Crippen LogP) is 1.64. The fourth-order valence-electron chi connectivity index (χ4n) is 3.90. The molecule has 27 heavy (non-hydrogen) atoms. The molecule has 0 aromatic carbocycles. The van der Waals surface area contributed by atoms with E-state index in [1.807, 2.05) is 21.7 Å². The quantitative estimate of drug-likeness (QED) is 0.869. The number of fused-ring (bicyclic) bond motifs is 1. The van der Waals surface area contributed by atoms with E-state index in [-0.39, 0.29) is 23.4 Å². The first-order valence-corrected chi connectivity index (χ1v) is 10.1. The van der Waals surface area contributed by atoms with Gasteiger partial charge in [0, 0.05) is 25.6 Å². The van der Waals surface area contributed by atoms with Gasteiger partial charge in [-0.3, -0.25) is 14.4 Å². The molecule has 1 fully saturated rings.